The maximum Gasteiger partial charge on any atom is 0.262 e. The van der Waals surface area contributed by atoms with E-state index in [1.807, 2.05) is 29.2 Å². The van der Waals surface area contributed by atoms with Gasteiger partial charge in [-0.1, -0.05) is 32.4 Å². The fourth-order valence-electron chi connectivity index (χ4n) is 3.41. The van der Waals surface area contributed by atoms with Crippen LogP contribution in [-0.4, -0.2) is 49.5 Å². The zero-order valence-corrected chi connectivity index (χ0v) is 19.1. The van der Waals surface area contributed by atoms with Crippen LogP contribution in [0.1, 0.15) is 27.2 Å². The summed E-state index contributed by atoms with van der Waals surface area (Å²) in [5.74, 6) is 0.592. The normalized spacial score (nSPS) is 14.3. The van der Waals surface area contributed by atoms with Crippen molar-refractivity contribution in [2.24, 2.45) is 5.41 Å². The molecule has 6 nitrogen and oxygen atoms in total. The first-order chi connectivity index (χ1) is 14.7. The Kier molecular flexibility index (Phi) is 7.44. The van der Waals surface area contributed by atoms with Gasteiger partial charge in [0.2, 0.25) is 5.91 Å². The molecule has 0 radical (unpaired) electrons. The minimum absolute atomic E-state index is 0.00827. The Labute approximate surface area is 189 Å². The third kappa shape index (κ3) is 7.17. The predicted molar refractivity (Wildman–Crippen MR) is 125 cm³/mol. The number of carbonyl (C=O) groups excluding carboxylic acids is 2. The van der Waals surface area contributed by atoms with Crippen LogP contribution in [0.15, 0.2) is 48.5 Å². The molecule has 1 aliphatic heterocycles. The molecule has 1 N–H and O–H groups in total. The minimum Gasteiger partial charge on any atom is -0.484 e. The van der Waals surface area contributed by atoms with Gasteiger partial charge in [0, 0.05) is 49.0 Å². The van der Waals surface area contributed by atoms with Crippen LogP contribution < -0.4 is 15.0 Å². The summed E-state index contributed by atoms with van der Waals surface area (Å²) in [7, 11) is 0. The summed E-state index contributed by atoms with van der Waals surface area (Å²) in [5, 5.41) is 3.46. The van der Waals surface area contributed by atoms with Crippen molar-refractivity contribution in [2.75, 3.05) is 43.0 Å². The molecule has 1 heterocycles. The summed E-state index contributed by atoms with van der Waals surface area (Å²) in [4.78, 5) is 28.8. The van der Waals surface area contributed by atoms with E-state index in [4.69, 9.17) is 16.3 Å². The van der Waals surface area contributed by atoms with Gasteiger partial charge in [0.1, 0.15) is 5.75 Å². The molecule has 2 amide bonds. The Hall–Kier alpha value is -2.73. The molecule has 7 heteroatoms. The van der Waals surface area contributed by atoms with Crippen molar-refractivity contribution in [3.63, 3.8) is 0 Å². The number of hydrogen-bond donors (Lipinski definition) is 1. The van der Waals surface area contributed by atoms with Gasteiger partial charge >= 0.3 is 0 Å². The lowest BCUT2D eigenvalue weighted by atomic mass is 9.91. The molecular weight excluding hydrogens is 414 g/mol. The van der Waals surface area contributed by atoms with Crippen molar-refractivity contribution in [3.8, 4) is 5.75 Å². The fraction of sp³-hybridized carbons (Fsp3) is 0.417. The van der Waals surface area contributed by atoms with E-state index in [2.05, 4.69) is 31.0 Å². The molecule has 1 saturated heterocycles. The van der Waals surface area contributed by atoms with Crippen LogP contribution in [0, 0.1) is 5.41 Å². The number of ether oxygens (including phenoxy) is 1. The highest BCUT2D eigenvalue weighted by atomic mass is 35.5. The first kappa shape index (κ1) is 22.9. The smallest absolute Gasteiger partial charge is 0.262 e. The monoisotopic (exact) mass is 443 g/mol. The van der Waals surface area contributed by atoms with Gasteiger partial charge in [-0.25, -0.2) is 0 Å². The lowest BCUT2D eigenvalue weighted by Gasteiger charge is -2.37. The average molecular weight is 444 g/mol. The van der Waals surface area contributed by atoms with Crippen molar-refractivity contribution in [1.82, 2.24) is 4.90 Å². The van der Waals surface area contributed by atoms with Crippen LogP contribution in [0.2, 0.25) is 5.02 Å². The van der Waals surface area contributed by atoms with E-state index < -0.39 is 0 Å². The Morgan fingerprint density at radius 3 is 2.16 bits per heavy atom. The van der Waals surface area contributed by atoms with E-state index in [0.717, 1.165) is 31.9 Å². The standard InChI is InChI=1S/C24H30ClN3O3/c1-24(2,3)16-23(30)28-14-12-27(13-15-28)20-8-6-19(7-9-20)26-22(29)17-31-21-10-4-18(25)5-11-21/h4-11H,12-17H2,1-3H3,(H,26,29). The fourth-order valence-corrected chi connectivity index (χ4v) is 3.54. The molecule has 166 valence electrons. The lowest BCUT2D eigenvalue weighted by molar-refractivity contribution is -0.133. The van der Waals surface area contributed by atoms with Crippen LogP contribution in [0.25, 0.3) is 0 Å². The second kappa shape index (κ2) is 10.1. The SMILES string of the molecule is CC(C)(C)CC(=O)N1CCN(c2ccc(NC(=O)COc3ccc(Cl)cc3)cc2)CC1. The second-order valence-corrected chi connectivity index (χ2v) is 9.38. The summed E-state index contributed by atoms with van der Waals surface area (Å²) in [5.41, 5.74) is 1.81. The number of hydrogen-bond acceptors (Lipinski definition) is 4. The largest absolute Gasteiger partial charge is 0.484 e. The number of carbonyl (C=O) groups is 2. The van der Waals surface area contributed by atoms with Gasteiger partial charge in [0.05, 0.1) is 0 Å². The van der Waals surface area contributed by atoms with E-state index in [9.17, 15) is 9.59 Å². The highest BCUT2D eigenvalue weighted by Gasteiger charge is 2.24. The Morgan fingerprint density at radius 1 is 0.968 bits per heavy atom. The summed E-state index contributed by atoms with van der Waals surface area (Å²) >= 11 is 5.84. The van der Waals surface area contributed by atoms with Gasteiger partial charge in [-0.05, 0) is 53.9 Å². The number of anilines is 2. The molecule has 0 saturated carbocycles. The zero-order valence-electron chi connectivity index (χ0n) is 18.4. The lowest BCUT2D eigenvalue weighted by Crippen LogP contribution is -2.49. The van der Waals surface area contributed by atoms with Gasteiger partial charge in [-0.3, -0.25) is 9.59 Å². The van der Waals surface area contributed by atoms with Crippen LogP contribution in [-0.2, 0) is 9.59 Å². The van der Waals surface area contributed by atoms with Gasteiger partial charge in [0.25, 0.3) is 5.91 Å². The molecule has 0 bridgehead atoms. The molecule has 0 atom stereocenters. The van der Waals surface area contributed by atoms with E-state index in [-0.39, 0.29) is 23.8 Å². The molecule has 0 spiro atoms. The van der Waals surface area contributed by atoms with E-state index >= 15 is 0 Å². The number of nitrogens with zero attached hydrogens (tertiary/aromatic N) is 2. The van der Waals surface area contributed by atoms with E-state index in [1.54, 1.807) is 24.3 Å². The van der Waals surface area contributed by atoms with Gasteiger partial charge in [-0.15, -0.1) is 0 Å². The molecule has 2 aromatic rings. The second-order valence-electron chi connectivity index (χ2n) is 8.94. The highest BCUT2D eigenvalue weighted by Crippen LogP contribution is 2.23. The maximum atomic E-state index is 12.4. The maximum absolute atomic E-state index is 12.4. The van der Waals surface area contributed by atoms with Gasteiger partial charge in [-0.2, -0.15) is 0 Å². The molecule has 2 aromatic carbocycles. The number of amides is 2. The van der Waals surface area contributed by atoms with Crippen LogP contribution >= 0.6 is 11.6 Å². The van der Waals surface area contributed by atoms with Crippen molar-refractivity contribution < 1.29 is 14.3 Å². The summed E-state index contributed by atoms with van der Waals surface area (Å²) < 4.78 is 5.46. The van der Waals surface area contributed by atoms with Crippen LogP contribution in [0.5, 0.6) is 5.75 Å². The Morgan fingerprint density at radius 2 is 1.58 bits per heavy atom. The summed E-state index contributed by atoms with van der Waals surface area (Å²) in [6, 6.07) is 14.6. The van der Waals surface area contributed by atoms with Crippen LogP contribution in [0.3, 0.4) is 0 Å². The van der Waals surface area contributed by atoms with Gasteiger partial charge < -0.3 is 19.9 Å². The number of piperazine rings is 1. The molecule has 31 heavy (non-hydrogen) atoms. The van der Waals surface area contributed by atoms with Crippen molar-refractivity contribution in [3.05, 3.63) is 53.6 Å². The van der Waals surface area contributed by atoms with Gasteiger partial charge in [0.15, 0.2) is 6.61 Å². The molecule has 3 rings (SSSR count). The first-order valence-electron chi connectivity index (χ1n) is 10.5. The molecular formula is C24H30ClN3O3. The summed E-state index contributed by atoms with van der Waals surface area (Å²) in [6.45, 7) is 9.26. The van der Waals surface area contributed by atoms with E-state index in [0.29, 0.717) is 22.9 Å². The topological polar surface area (TPSA) is 61.9 Å². The minimum atomic E-state index is -0.228. The first-order valence-corrected chi connectivity index (χ1v) is 10.9. The average Bonchev–Trinajstić information content (AvgIpc) is 2.73. The van der Waals surface area contributed by atoms with Crippen molar-refractivity contribution in [2.45, 2.75) is 27.2 Å². The van der Waals surface area contributed by atoms with Crippen LogP contribution in [0.4, 0.5) is 11.4 Å². The number of halogens is 1. The predicted octanol–water partition coefficient (Wildman–Crippen LogP) is 4.44. The van der Waals surface area contributed by atoms with Crippen molar-refractivity contribution >= 4 is 34.8 Å². The summed E-state index contributed by atoms with van der Waals surface area (Å²) in [6.07, 6.45) is 0.573. The molecule has 0 unspecified atom stereocenters. The molecule has 1 aliphatic rings. The number of nitrogens with one attached hydrogen (secondary N) is 1. The van der Waals surface area contributed by atoms with E-state index in [1.165, 1.54) is 0 Å². The van der Waals surface area contributed by atoms with Crippen molar-refractivity contribution in [1.29, 1.82) is 0 Å². The zero-order chi connectivity index (χ0) is 22.4. The highest BCUT2D eigenvalue weighted by molar-refractivity contribution is 6.30. The molecule has 0 aliphatic carbocycles. The number of rotatable bonds is 6. The third-order valence-corrected chi connectivity index (χ3v) is 5.27. The number of benzene rings is 2. The Balaban J connectivity index is 1.45. The molecule has 0 aromatic heterocycles. The third-order valence-electron chi connectivity index (χ3n) is 5.01. The Bertz CT molecular complexity index is 884. The quantitative estimate of drug-likeness (QED) is 0.716. The molecule has 1 fully saturated rings.